The third-order valence-corrected chi connectivity index (χ3v) is 2.82. The number of rotatable bonds is 3. The van der Waals surface area contributed by atoms with Crippen LogP contribution in [0.3, 0.4) is 0 Å². The molecule has 0 saturated carbocycles. The molecule has 5 nitrogen and oxygen atoms in total. The SMILES string of the molecule is CNC(=O)C(C)NC(=O)c1sccc1N. The molecule has 0 bridgehead atoms. The number of hydrogen-bond acceptors (Lipinski definition) is 4. The van der Waals surface area contributed by atoms with Gasteiger partial charge in [-0.2, -0.15) is 0 Å². The smallest absolute Gasteiger partial charge is 0.264 e. The number of anilines is 1. The van der Waals surface area contributed by atoms with E-state index in [-0.39, 0.29) is 11.8 Å². The Morgan fingerprint density at radius 3 is 2.67 bits per heavy atom. The number of carbonyl (C=O) groups excluding carboxylic acids is 2. The molecule has 4 N–H and O–H groups in total. The van der Waals surface area contributed by atoms with Crippen LogP contribution in [-0.2, 0) is 4.79 Å². The van der Waals surface area contributed by atoms with Gasteiger partial charge in [0.15, 0.2) is 0 Å². The molecule has 0 spiro atoms. The molecule has 1 unspecified atom stereocenters. The summed E-state index contributed by atoms with van der Waals surface area (Å²) >= 11 is 1.25. The minimum Gasteiger partial charge on any atom is -0.397 e. The Labute approximate surface area is 91.7 Å². The van der Waals surface area contributed by atoms with Crippen molar-refractivity contribution in [1.82, 2.24) is 10.6 Å². The first-order valence-corrected chi connectivity index (χ1v) is 5.29. The maximum atomic E-state index is 11.6. The van der Waals surface area contributed by atoms with Crippen LogP contribution in [0.1, 0.15) is 16.6 Å². The van der Waals surface area contributed by atoms with Gasteiger partial charge in [0.2, 0.25) is 5.91 Å². The monoisotopic (exact) mass is 227 g/mol. The van der Waals surface area contributed by atoms with E-state index >= 15 is 0 Å². The first-order chi connectivity index (χ1) is 7.06. The molecule has 1 rings (SSSR count). The predicted octanol–water partition coefficient (Wildman–Crippen LogP) is 0.195. The van der Waals surface area contributed by atoms with Crippen molar-refractivity contribution in [3.8, 4) is 0 Å². The van der Waals surface area contributed by atoms with Crippen molar-refractivity contribution in [1.29, 1.82) is 0 Å². The molecule has 0 aliphatic heterocycles. The summed E-state index contributed by atoms with van der Waals surface area (Å²) in [6, 6.07) is 1.09. The maximum Gasteiger partial charge on any atom is 0.264 e. The van der Waals surface area contributed by atoms with Gasteiger partial charge in [0.1, 0.15) is 10.9 Å². The van der Waals surface area contributed by atoms with Crippen LogP contribution in [0, 0.1) is 0 Å². The summed E-state index contributed by atoms with van der Waals surface area (Å²) in [6.07, 6.45) is 0. The van der Waals surface area contributed by atoms with Gasteiger partial charge in [-0.05, 0) is 18.4 Å². The largest absolute Gasteiger partial charge is 0.397 e. The lowest BCUT2D eigenvalue weighted by Gasteiger charge is -2.11. The zero-order valence-electron chi connectivity index (χ0n) is 8.53. The fraction of sp³-hybridized carbons (Fsp3) is 0.333. The van der Waals surface area contributed by atoms with Crippen LogP contribution < -0.4 is 16.4 Å². The number of likely N-dealkylation sites (N-methyl/N-ethyl adjacent to an activating group) is 1. The Morgan fingerprint density at radius 2 is 2.20 bits per heavy atom. The van der Waals surface area contributed by atoms with E-state index in [2.05, 4.69) is 10.6 Å². The quantitative estimate of drug-likeness (QED) is 0.689. The van der Waals surface area contributed by atoms with Crippen molar-refractivity contribution in [3.05, 3.63) is 16.3 Å². The third-order valence-electron chi connectivity index (χ3n) is 1.89. The molecule has 1 atom stereocenters. The van der Waals surface area contributed by atoms with Crippen molar-refractivity contribution in [3.63, 3.8) is 0 Å². The van der Waals surface area contributed by atoms with Crippen molar-refractivity contribution < 1.29 is 9.59 Å². The summed E-state index contributed by atoms with van der Waals surface area (Å²) in [5.41, 5.74) is 6.01. The Morgan fingerprint density at radius 1 is 1.53 bits per heavy atom. The van der Waals surface area contributed by atoms with Crippen LogP contribution in [0.2, 0.25) is 0 Å². The second-order valence-electron chi connectivity index (χ2n) is 3.01. The molecule has 82 valence electrons. The molecule has 1 aromatic heterocycles. The van der Waals surface area contributed by atoms with Crippen LogP contribution >= 0.6 is 11.3 Å². The van der Waals surface area contributed by atoms with Crippen LogP contribution in [-0.4, -0.2) is 24.9 Å². The van der Waals surface area contributed by atoms with Crippen LogP contribution in [0.5, 0.6) is 0 Å². The standard InChI is InChI=1S/C9H13N3O2S/c1-5(8(13)11-2)12-9(14)7-6(10)3-4-15-7/h3-5H,10H2,1-2H3,(H,11,13)(H,12,14). The molecule has 1 heterocycles. The topological polar surface area (TPSA) is 84.2 Å². The average Bonchev–Trinajstić information content (AvgIpc) is 2.63. The van der Waals surface area contributed by atoms with Gasteiger partial charge in [-0.3, -0.25) is 9.59 Å². The van der Waals surface area contributed by atoms with E-state index in [0.717, 1.165) is 0 Å². The van der Waals surface area contributed by atoms with Crippen LogP contribution in [0.15, 0.2) is 11.4 Å². The molecule has 0 radical (unpaired) electrons. The highest BCUT2D eigenvalue weighted by atomic mass is 32.1. The van der Waals surface area contributed by atoms with Crippen molar-refractivity contribution in [2.24, 2.45) is 0 Å². The second-order valence-corrected chi connectivity index (χ2v) is 3.93. The average molecular weight is 227 g/mol. The highest BCUT2D eigenvalue weighted by Crippen LogP contribution is 2.18. The van der Waals surface area contributed by atoms with E-state index in [9.17, 15) is 9.59 Å². The van der Waals surface area contributed by atoms with Gasteiger partial charge in [0.05, 0.1) is 5.69 Å². The fourth-order valence-electron chi connectivity index (χ4n) is 1.05. The summed E-state index contributed by atoms with van der Waals surface area (Å²) in [7, 11) is 1.52. The molecule has 0 fully saturated rings. The molecule has 2 amide bonds. The Kier molecular flexibility index (Phi) is 3.68. The number of thiophene rings is 1. The number of amides is 2. The third kappa shape index (κ3) is 2.69. The van der Waals surface area contributed by atoms with Crippen molar-refractivity contribution in [2.75, 3.05) is 12.8 Å². The Hall–Kier alpha value is -1.56. The Balaban J connectivity index is 2.64. The highest BCUT2D eigenvalue weighted by Gasteiger charge is 2.17. The highest BCUT2D eigenvalue weighted by molar-refractivity contribution is 7.12. The number of carbonyl (C=O) groups is 2. The molecule has 0 saturated heterocycles. The number of nitrogens with one attached hydrogen (secondary N) is 2. The predicted molar refractivity (Wildman–Crippen MR) is 59.7 cm³/mol. The van der Waals surface area contributed by atoms with Gasteiger partial charge in [0, 0.05) is 7.05 Å². The molecule has 15 heavy (non-hydrogen) atoms. The van der Waals surface area contributed by atoms with Crippen LogP contribution in [0.25, 0.3) is 0 Å². The molecule has 1 aromatic rings. The zero-order chi connectivity index (χ0) is 11.4. The summed E-state index contributed by atoms with van der Waals surface area (Å²) in [5, 5.41) is 6.73. The van der Waals surface area contributed by atoms with Gasteiger partial charge >= 0.3 is 0 Å². The first-order valence-electron chi connectivity index (χ1n) is 4.41. The van der Waals surface area contributed by atoms with E-state index in [1.54, 1.807) is 18.4 Å². The van der Waals surface area contributed by atoms with E-state index in [1.165, 1.54) is 18.4 Å². The molecular formula is C9H13N3O2S. The lowest BCUT2D eigenvalue weighted by Crippen LogP contribution is -2.43. The van der Waals surface area contributed by atoms with Crippen LogP contribution in [0.4, 0.5) is 5.69 Å². The normalized spacial score (nSPS) is 11.9. The summed E-state index contributed by atoms with van der Waals surface area (Å²) in [5.74, 6) is -0.558. The lowest BCUT2D eigenvalue weighted by molar-refractivity contribution is -0.122. The first kappa shape index (κ1) is 11.5. The Bertz CT molecular complexity index is 375. The second kappa shape index (κ2) is 4.79. The summed E-state index contributed by atoms with van der Waals surface area (Å²) < 4.78 is 0. The minimum absolute atomic E-state index is 0.238. The van der Waals surface area contributed by atoms with Gasteiger partial charge in [-0.15, -0.1) is 11.3 Å². The van der Waals surface area contributed by atoms with E-state index < -0.39 is 6.04 Å². The molecule has 0 aliphatic rings. The minimum atomic E-state index is -0.566. The fourth-order valence-corrected chi connectivity index (χ4v) is 1.77. The number of hydrogen-bond donors (Lipinski definition) is 3. The number of nitrogen functional groups attached to an aromatic ring is 1. The van der Waals surface area contributed by atoms with Gasteiger partial charge in [-0.1, -0.05) is 0 Å². The molecule has 6 heteroatoms. The lowest BCUT2D eigenvalue weighted by atomic mass is 10.3. The van der Waals surface area contributed by atoms with Gasteiger partial charge in [0.25, 0.3) is 5.91 Å². The maximum absolute atomic E-state index is 11.6. The summed E-state index contributed by atoms with van der Waals surface area (Å²) in [6.45, 7) is 1.61. The van der Waals surface area contributed by atoms with Crippen molar-refractivity contribution in [2.45, 2.75) is 13.0 Å². The molecular weight excluding hydrogens is 214 g/mol. The van der Waals surface area contributed by atoms with E-state index in [1.807, 2.05) is 0 Å². The molecule has 0 aliphatic carbocycles. The van der Waals surface area contributed by atoms with Gasteiger partial charge in [-0.25, -0.2) is 0 Å². The van der Waals surface area contributed by atoms with E-state index in [4.69, 9.17) is 5.73 Å². The summed E-state index contributed by atoms with van der Waals surface area (Å²) in [4.78, 5) is 23.2. The number of nitrogens with two attached hydrogens (primary N) is 1. The zero-order valence-corrected chi connectivity index (χ0v) is 9.35. The van der Waals surface area contributed by atoms with Crippen molar-refractivity contribution >= 4 is 28.8 Å². The molecule has 0 aromatic carbocycles. The van der Waals surface area contributed by atoms with E-state index in [0.29, 0.717) is 10.6 Å². The van der Waals surface area contributed by atoms with Gasteiger partial charge < -0.3 is 16.4 Å².